The number of hydrogen-bond donors (Lipinski definition) is 1. The van der Waals surface area contributed by atoms with Gasteiger partial charge < -0.3 is 14.8 Å². The molecule has 1 N–H and O–H groups in total. The molecule has 0 fully saturated rings. The van der Waals surface area contributed by atoms with E-state index in [4.69, 9.17) is 9.47 Å². The molecular formula is C13H23N3O2. The fourth-order valence-electron chi connectivity index (χ4n) is 1.42. The summed E-state index contributed by atoms with van der Waals surface area (Å²) in [5.41, 5.74) is 0.345. The first-order valence-electron chi connectivity index (χ1n) is 6.20. The van der Waals surface area contributed by atoms with Gasteiger partial charge in [-0.1, -0.05) is 6.92 Å². The zero-order chi connectivity index (χ0) is 13.6. The minimum Gasteiger partial charge on any atom is -0.378 e. The zero-order valence-corrected chi connectivity index (χ0v) is 11.9. The lowest BCUT2D eigenvalue weighted by atomic mass is 10.1. The van der Waals surface area contributed by atoms with Gasteiger partial charge in [0.25, 0.3) is 0 Å². The lowest BCUT2D eigenvalue weighted by Crippen LogP contribution is -2.24. The number of methoxy groups -OCH3 is 2. The normalized spacial score (nSPS) is 11.6. The molecule has 0 unspecified atom stereocenters. The maximum absolute atomic E-state index is 5.42. The molecule has 1 heterocycles. The van der Waals surface area contributed by atoms with Gasteiger partial charge in [-0.25, -0.2) is 9.97 Å². The topological polar surface area (TPSA) is 56.3 Å². The molecule has 0 saturated heterocycles. The average Bonchev–Trinajstić information content (AvgIpc) is 2.36. The number of nitrogens with one attached hydrogen (secondary N) is 1. The molecule has 18 heavy (non-hydrogen) atoms. The van der Waals surface area contributed by atoms with Gasteiger partial charge in [0.2, 0.25) is 0 Å². The van der Waals surface area contributed by atoms with Crippen molar-refractivity contribution in [1.82, 2.24) is 9.97 Å². The number of nitrogens with zero attached hydrogens (tertiary/aromatic N) is 2. The first-order chi connectivity index (χ1) is 8.53. The number of rotatable bonds is 7. The van der Waals surface area contributed by atoms with Crippen molar-refractivity contribution in [2.75, 3.05) is 26.1 Å². The second-order valence-electron chi connectivity index (χ2n) is 4.64. The van der Waals surface area contributed by atoms with Gasteiger partial charge in [0, 0.05) is 26.8 Å². The van der Waals surface area contributed by atoms with Crippen LogP contribution in [-0.4, -0.2) is 30.7 Å². The molecule has 0 aromatic carbocycles. The first kappa shape index (κ1) is 14.9. The van der Waals surface area contributed by atoms with Crippen molar-refractivity contribution in [3.05, 3.63) is 17.6 Å². The van der Waals surface area contributed by atoms with Crippen LogP contribution < -0.4 is 5.32 Å². The summed E-state index contributed by atoms with van der Waals surface area (Å²) in [7, 11) is 3.31. The first-order valence-corrected chi connectivity index (χ1v) is 6.20. The van der Waals surface area contributed by atoms with Crippen LogP contribution >= 0.6 is 0 Å². The van der Waals surface area contributed by atoms with Gasteiger partial charge in [0.1, 0.15) is 11.4 Å². The molecule has 1 rings (SSSR count). The highest BCUT2D eigenvalue weighted by Crippen LogP contribution is 2.22. The maximum Gasteiger partial charge on any atom is 0.162 e. The van der Waals surface area contributed by atoms with Crippen molar-refractivity contribution in [3.63, 3.8) is 0 Å². The van der Waals surface area contributed by atoms with Gasteiger partial charge in [0.15, 0.2) is 5.82 Å². The molecule has 0 aliphatic heterocycles. The summed E-state index contributed by atoms with van der Waals surface area (Å²) in [4.78, 5) is 8.97. The van der Waals surface area contributed by atoms with Gasteiger partial charge >= 0.3 is 0 Å². The molecule has 5 heteroatoms. The fraction of sp³-hybridized carbons (Fsp3) is 0.692. The SMILES string of the molecule is CCCNc1cc(COC)nc(C(C)(C)OC)n1. The van der Waals surface area contributed by atoms with Crippen LogP contribution in [0.25, 0.3) is 0 Å². The average molecular weight is 253 g/mol. The molecule has 0 saturated carbocycles. The Balaban J connectivity index is 3.05. The van der Waals surface area contributed by atoms with Crippen molar-refractivity contribution >= 4 is 5.82 Å². The summed E-state index contributed by atoms with van der Waals surface area (Å²) in [6.07, 6.45) is 1.05. The quantitative estimate of drug-likeness (QED) is 0.808. The standard InChI is InChI=1S/C13H23N3O2/c1-6-7-14-11-8-10(9-17-4)15-12(16-11)13(2,3)18-5/h8H,6-7,9H2,1-5H3,(H,14,15,16). The summed E-state index contributed by atoms with van der Waals surface area (Å²) in [6.45, 7) is 7.36. The van der Waals surface area contributed by atoms with Crippen LogP contribution in [0.5, 0.6) is 0 Å². The number of hydrogen-bond acceptors (Lipinski definition) is 5. The van der Waals surface area contributed by atoms with E-state index < -0.39 is 5.60 Å². The highest BCUT2D eigenvalue weighted by Gasteiger charge is 2.24. The molecule has 102 valence electrons. The second-order valence-corrected chi connectivity index (χ2v) is 4.64. The molecule has 0 spiro atoms. The van der Waals surface area contributed by atoms with E-state index in [-0.39, 0.29) is 0 Å². The third-order valence-electron chi connectivity index (χ3n) is 2.68. The maximum atomic E-state index is 5.42. The lowest BCUT2D eigenvalue weighted by molar-refractivity contribution is 0.0111. The monoisotopic (exact) mass is 253 g/mol. The summed E-state index contributed by atoms with van der Waals surface area (Å²) in [6, 6.07) is 1.91. The van der Waals surface area contributed by atoms with E-state index in [1.807, 2.05) is 19.9 Å². The molecule has 0 atom stereocenters. The van der Waals surface area contributed by atoms with Crippen LogP contribution in [0.1, 0.15) is 38.7 Å². The van der Waals surface area contributed by atoms with Crippen LogP contribution in [0.3, 0.4) is 0 Å². The Bertz CT molecular complexity index is 380. The molecule has 5 nitrogen and oxygen atoms in total. The summed E-state index contributed by atoms with van der Waals surface area (Å²) in [5, 5.41) is 3.27. The fourth-order valence-corrected chi connectivity index (χ4v) is 1.42. The van der Waals surface area contributed by atoms with Crippen LogP contribution in [0, 0.1) is 0 Å². The zero-order valence-electron chi connectivity index (χ0n) is 11.9. The van der Waals surface area contributed by atoms with E-state index >= 15 is 0 Å². The van der Waals surface area contributed by atoms with Crippen molar-refractivity contribution in [2.24, 2.45) is 0 Å². The Hall–Kier alpha value is -1.20. The van der Waals surface area contributed by atoms with Crippen molar-refractivity contribution < 1.29 is 9.47 Å². The largest absolute Gasteiger partial charge is 0.378 e. The van der Waals surface area contributed by atoms with Crippen molar-refractivity contribution in [1.29, 1.82) is 0 Å². The summed E-state index contributed by atoms with van der Waals surface area (Å²) >= 11 is 0. The second kappa shape index (κ2) is 6.66. The Labute approximate surface area is 109 Å². The highest BCUT2D eigenvalue weighted by molar-refractivity contribution is 5.36. The van der Waals surface area contributed by atoms with E-state index in [0.717, 1.165) is 24.5 Å². The van der Waals surface area contributed by atoms with E-state index in [2.05, 4.69) is 22.2 Å². The molecule has 0 bridgehead atoms. The Morgan fingerprint density at radius 3 is 2.56 bits per heavy atom. The molecule has 0 amide bonds. The molecule has 1 aromatic rings. The Kier molecular flexibility index (Phi) is 5.50. The van der Waals surface area contributed by atoms with E-state index in [9.17, 15) is 0 Å². The number of aromatic nitrogens is 2. The van der Waals surface area contributed by atoms with Crippen LogP contribution in [0.15, 0.2) is 6.07 Å². The minimum atomic E-state index is -0.508. The number of ether oxygens (including phenoxy) is 2. The predicted molar refractivity (Wildman–Crippen MR) is 71.6 cm³/mol. The van der Waals surface area contributed by atoms with Gasteiger partial charge in [-0.2, -0.15) is 0 Å². The van der Waals surface area contributed by atoms with Crippen LogP contribution in [0.4, 0.5) is 5.82 Å². The van der Waals surface area contributed by atoms with Crippen molar-refractivity contribution in [2.45, 2.75) is 39.4 Å². The molecule has 0 radical (unpaired) electrons. The summed E-state index contributed by atoms with van der Waals surface area (Å²) < 4.78 is 10.6. The smallest absolute Gasteiger partial charge is 0.162 e. The molecule has 0 aliphatic carbocycles. The van der Waals surface area contributed by atoms with Gasteiger partial charge in [-0.15, -0.1) is 0 Å². The molecule has 0 aliphatic rings. The Morgan fingerprint density at radius 2 is 2.00 bits per heavy atom. The number of anilines is 1. The molecular weight excluding hydrogens is 230 g/mol. The van der Waals surface area contributed by atoms with E-state index in [1.54, 1.807) is 14.2 Å². The summed E-state index contributed by atoms with van der Waals surface area (Å²) in [5.74, 6) is 1.48. The predicted octanol–water partition coefficient (Wildman–Crippen LogP) is 2.33. The van der Waals surface area contributed by atoms with Crippen LogP contribution in [-0.2, 0) is 21.7 Å². The molecule has 1 aromatic heterocycles. The van der Waals surface area contributed by atoms with Gasteiger partial charge in [-0.05, 0) is 20.3 Å². The third kappa shape index (κ3) is 3.92. The van der Waals surface area contributed by atoms with E-state index in [1.165, 1.54) is 0 Å². The highest BCUT2D eigenvalue weighted by atomic mass is 16.5. The Morgan fingerprint density at radius 1 is 1.28 bits per heavy atom. The van der Waals surface area contributed by atoms with Crippen LogP contribution in [0.2, 0.25) is 0 Å². The third-order valence-corrected chi connectivity index (χ3v) is 2.68. The van der Waals surface area contributed by atoms with Gasteiger partial charge in [-0.3, -0.25) is 0 Å². The van der Waals surface area contributed by atoms with E-state index in [0.29, 0.717) is 12.4 Å². The van der Waals surface area contributed by atoms with Gasteiger partial charge in [0.05, 0.1) is 12.3 Å². The lowest BCUT2D eigenvalue weighted by Gasteiger charge is -2.22. The minimum absolute atomic E-state index is 0.468. The van der Waals surface area contributed by atoms with Crippen molar-refractivity contribution in [3.8, 4) is 0 Å².